The Bertz CT molecular complexity index is 484. The van der Waals surface area contributed by atoms with Gasteiger partial charge in [-0.3, -0.25) is 5.10 Å². The highest BCUT2D eigenvalue weighted by Gasteiger charge is 2.19. The molecule has 2 aromatic heterocycles. The van der Waals surface area contributed by atoms with E-state index in [9.17, 15) is 0 Å². The van der Waals surface area contributed by atoms with E-state index in [0.29, 0.717) is 0 Å². The maximum Gasteiger partial charge on any atom is 0.160 e. The molecular formula is C11H15N5. The van der Waals surface area contributed by atoms with E-state index < -0.39 is 0 Å². The van der Waals surface area contributed by atoms with Gasteiger partial charge in [0.25, 0.3) is 0 Å². The largest absolute Gasteiger partial charge is 0.356 e. The summed E-state index contributed by atoms with van der Waals surface area (Å²) in [6.07, 6.45) is 5.89. The summed E-state index contributed by atoms with van der Waals surface area (Å²) < 4.78 is 0. The molecule has 2 aromatic rings. The quantitative estimate of drug-likeness (QED) is 0.788. The van der Waals surface area contributed by atoms with Gasteiger partial charge in [-0.25, -0.2) is 9.97 Å². The summed E-state index contributed by atoms with van der Waals surface area (Å²) in [6.45, 7) is 4.47. The highest BCUT2D eigenvalue weighted by molar-refractivity contribution is 5.86. The summed E-state index contributed by atoms with van der Waals surface area (Å²) in [5, 5.41) is 7.92. The number of hydrogen-bond acceptors (Lipinski definition) is 4. The minimum Gasteiger partial charge on any atom is -0.356 e. The van der Waals surface area contributed by atoms with Crippen molar-refractivity contribution >= 4 is 16.9 Å². The van der Waals surface area contributed by atoms with Gasteiger partial charge in [-0.1, -0.05) is 6.92 Å². The Hall–Kier alpha value is -1.65. The number of H-pyrrole nitrogens is 1. The minimum absolute atomic E-state index is 0.823. The van der Waals surface area contributed by atoms with E-state index in [0.717, 1.165) is 35.9 Å². The molecule has 0 saturated carbocycles. The maximum atomic E-state index is 4.38. The summed E-state index contributed by atoms with van der Waals surface area (Å²) in [5.41, 5.74) is 0.823. The molecule has 16 heavy (non-hydrogen) atoms. The van der Waals surface area contributed by atoms with Crippen LogP contribution in [-0.4, -0.2) is 33.3 Å². The Morgan fingerprint density at radius 1 is 1.31 bits per heavy atom. The highest BCUT2D eigenvalue weighted by atomic mass is 15.2. The molecule has 1 saturated heterocycles. The lowest BCUT2D eigenvalue weighted by Gasteiger charge is -2.31. The van der Waals surface area contributed by atoms with Crippen LogP contribution in [0.5, 0.6) is 0 Å². The van der Waals surface area contributed by atoms with Crippen LogP contribution in [0.4, 0.5) is 5.82 Å². The molecule has 0 atom stereocenters. The Morgan fingerprint density at radius 3 is 2.94 bits per heavy atom. The summed E-state index contributed by atoms with van der Waals surface area (Å²) in [4.78, 5) is 10.9. The van der Waals surface area contributed by atoms with E-state index >= 15 is 0 Å². The molecule has 0 unspecified atom stereocenters. The van der Waals surface area contributed by atoms with Crippen molar-refractivity contribution in [2.75, 3.05) is 18.0 Å². The van der Waals surface area contributed by atoms with Crippen molar-refractivity contribution in [2.45, 2.75) is 19.8 Å². The van der Waals surface area contributed by atoms with E-state index in [1.807, 2.05) is 6.20 Å². The lowest BCUT2D eigenvalue weighted by Crippen LogP contribution is -2.33. The summed E-state index contributed by atoms with van der Waals surface area (Å²) in [6, 6.07) is 0. The normalized spacial score (nSPS) is 18.2. The summed E-state index contributed by atoms with van der Waals surface area (Å²) in [7, 11) is 0. The third-order valence-corrected chi connectivity index (χ3v) is 3.31. The molecule has 1 fully saturated rings. The fourth-order valence-corrected chi connectivity index (χ4v) is 2.22. The maximum absolute atomic E-state index is 4.38. The Balaban J connectivity index is 1.96. The molecule has 1 aliphatic rings. The first kappa shape index (κ1) is 9.57. The zero-order valence-electron chi connectivity index (χ0n) is 9.35. The lowest BCUT2D eigenvalue weighted by atomic mass is 9.99. The van der Waals surface area contributed by atoms with Crippen LogP contribution >= 0.6 is 0 Å². The first-order valence-corrected chi connectivity index (χ1v) is 5.73. The van der Waals surface area contributed by atoms with E-state index in [4.69, 9.17) is 0 Å². The van der Waals surface area contributed by atoms with Crippen molar-refractivity contribution in [3.05, 3.63) is 12.5 Å². The third kappa shape index (κ3) is 1.52. The van der Waals surface area contributed by atoms with Crippen molar-refractivity contribution in [1.29, 1.82) is 0 Å². The van der Waals surface area contributed by atoms with E-state index in [-0.39, 0.29) is 0 Å². The fraction of sp³-hybridized carbons (Fsp3) is 0.545. The van der Waals surface area contributed by atoms with Gasteiger partial charge in [0.05, 0.1) is 11.6 Å². The third-order valence-electron chi connectivity index (χ3n) is 3.31. The van der Waals surface area contributed by atoms with Crippen LogP contribution < -0.4 is 4.90 Å². The van der Waals surface area contributed by atoms with Gasteiger partial charge in [0.15, 0.2) is 5.65 Å². The van der Waals surface area contributed by atoms with Gasteiger partial charge in [-0.05, 0) is 18.8 Å². The van der Waals surface area contributed by atoms with Gasteiger partial charge >= 0.3 is 0 Å². The zero-order valence-corrected chi connectivity index (χ0v) is 9.35. The van der Waals surface area contributed by atoms with E-state index in [1.165, 1.54) is 12.8 Å². The molecule has 0 aromatic carbocycles. The van der Waals surface area contributed by atoms with Crippen LogP contribution in [0.1, 0.15) is 19.8 Å². The predicted molar refractivity (Wildman–Crippen MR) is 62.3 cm³/mol. The number of nitrogens with one attached hydrogen (secondary N) is 1. The Morgan fingerprint density at radius 2 is 2.12 bits per heavy atom. The zero-order chi connectivity index (χ0) is 11.0. The predicted octanol–water partition coefficient (Wildman–Crippen LogP) is 1.59. The molecule has 0 aliphatic carbocycles. The summed E-state index contributed by atoms with van der Waals surface area (Å²) >= 11 is 0. The second kappa shape index (κ2) is 3.73. The molecule has 5 nitrogen and oxygen atoms in total. The number of nitrogens with zero attached hydrogens (tertiary/aromatic N) is 4. The molecule has 0 radical (unpaired) electrons. The summed E-state index contributed by atoms with van der Waals surface area (Å²) in [5.74, 6) is 1.85. The van der Waals surface area contributed by atoms with Crippen molar-refractivity contribution < 1.29 is 0 Å². The molecule has 0 spiro atoms. The molecule has 3 rings (SSSR count). The SMILES string of the molecule is CC1CCN(c2ncnc3[nH]ncc23)CC1. The van der Waals surface area contributed by atoms with Crippen LogP contribution in [0.25, 0.3) is 11.0 Å². The van der Waals surface area contributed by atoms with Crippen LogP contribution in [-0.2, 0) is 0 Å². The first-order valence-electron chi connectivity index (χ1n) is 5.73. The lowest BCUT2D eigenvalue weighted by molar-refractivity contribution is 0.437. The van der Waals surface area contributed by atoms with Crippen molar-refractivity contribution in [1.82, 2.24) is 20.2 Å². The number of fused-ring (bicyclic) bond motifs is 1. The van der Waals surface area contributed by atoms with Crippen LogP contribution in [0.15, 0.2) is 12.5 Å². The van der Waals surface area contributed by atoms with E-state index in [1.54, 1.807) is 6.33 Å². The number of anilines is 1. The Kier molecular flexibility index (Phi) is 2.23. The van der Waals surface area contributed by atoms with E-state index in [2.05, 4.69) is 32.0 Å². The standard InChI is InChI=1S/C11H15N5/c1-8-2-4-16(5-3-8)11-9-6-14-15-10(9)12-7-13-11/h6-8H,2-5H2,1H3,(H,12,13,14,15). The van der Waals surface area contributed by atoms with Crippen LogP contribution in [0, 0.1) is 5.92 Å². The average molecular weight is 217 g/mol. The topological polar surface area (TPSA) is 57.7 Å². The second-order valence-corrected chi connectivity index (χ2v) is 4.50. The molecule has 1 aliphatic heterocycles. The first-order chi connectivity index (χ1) is 7.84. The molecule has 0 bridgehead atoms. The monoisotopic (exact) mass is 217 g/mol. The number of rotatable bonds is 1. The molecular weight excluding hydrogens is 202 g/mol. The van der Waals surface area contributed by atoms with Crippen molar-refractivity contribution in [3.8, 4) is 0 Å². The van der Waals surface area contributed by atoms with Crippen molar-refractivity contribution in [3.63, 3.8) is 0 Å². The number of aromatic nitrogens is 4. The fourth-order valence-electron chi connectivity index (χ4n) is 2.22. The van der Waals surface area contributed by atoms with Gasteiger partial charge < -0.3 is 4.90 Å². The molecule has 0 amide bonds. The van der Waals surface area contributed by atoms with Crippen LogP contribution in [0.2, 0.25) is 0 Å². The molecule has 84 valence electrons. The number of piperidine rings is 1. The highest BCUT2D eigenvalue weighted by Crippen LogP contribution is 2.25. The van der Waals surface area contributed by atoms with Gasteiger partial charge in [0.1, 0.15) is 12.1 Å². The van der Waals surface area contributed by atoms with Gasteiger partial charge in [-0.15, -0.1) is 0 Å². The number of hydrogen-bond donors (Lipinski definition) is 1. The van der Waals surface area contributed by atoms with Crippen LogP contribution in [0.3, 0.4) is 0 Å². The molecule has 1 N–H and O–H groups in total. The second-order valence-electron chi connectivity index (χ2n) is 4.50. The van der Waals surface area contributed by atoms with Gasteiger partial charge in [-0.2, -0.15) is 5.10 Å². The number of aromatic amines is 1. The average Bonchev–Trinajstić information content (AvgIpc) is 2.78. The van der Waals surface area contributed by atoms with Gasteiger partial charge in [0.2, 0.25) is 0 Å². The van der Waals surface area contributed by atoms with Crippen molar-refractivity contribution in [2.24, 2.45) is 5.92 Å². The Labute approximate surface area is 93.9 Å². The minimum atomic E-state index is 0.823. The van der Waals surface area contributed by atoms with Gasteiger partial charge in [0, 0.05) is 13.1 Å². The smallest absolute Gasteiger partial charge is 0.160 e. The molecule has 3 heterocycles. The molecule has 5 heteroatoms.